The smallest absolute Gasteiger partial charge is 0.283 e. The Kier molecular flexibility index (Phi) is 3.68. The lowest BCUT2D eigenvalue weighted by atomic mass is 9.84. The largest absolute Gasteiger partial charge is 0.462 e. The Hall–Kier alpha value is -2.95. The van der Waals surface area contributed by atoms with Gasteiger partial charge in [0.1, 0.15) is 11.9 Å². The molecule has 0 bridgehead atoms. The van der Waals surface area contributed by atoms with Crippen LogP contribution in [0.25, 0.3) is 5.69 Å². The number of amidine groups is 1. The highest BCUT2D eigenvalue weighted by Gasteiger charge is 2.64. The van der Waals surface area contributed by atoms with E-state index in [4.69, 9.17) is 10.5 Å². The normalized spacial score (nSPS) is 26.4. The number of nitrogens with two attached hydrogens (primary N) is 1. The molecule has 26 heavy (non-hydrogen) atoms. The number of aliphatic imine (C=N–C) groups is 1. The Morgan fingerprint density at radius 2 is 2.23 bits per heavy atom. The van der Waals surface area contributed by atoms with Crippen LogP contribution in [0.4, 0.5) is 13.2 Å². The summed E-state index contributed by atoms with van der Waals surface area (Å²) < 4.78 is 49.5. The monoisotopic (exact) mass is 360 g/mol. The van der Waals surface area contributed by atoms with Crippen LogP contribution >= 0.6 is 0 Å². The summed E-state index contributed by atoms with van der Waals surface area (Å²) in [6.07, 6.45) is 0.161. The molecule has 3 atom stereocenters. The Balaban J connectivity index is 1.85. The lowest BCUT2D eigenvalue weighted by molar-refractivity contribution is 0.0176. The van der Waals surface area contributed by atoms with E-state index in [0.717, 1.165) is 6.07 Å². The van der Waals surface area contributed by atoms with Crippen LogP contribution in [0.3, 0.4) is 0 Å². The van der Waals surface area contributed by atoms with Gasteiger partial charge in [-0.2, -0.15) is 5.10 Å². The van der Waals surface area contributed by atoms with Gasteiger partial charge < -0.3 is 10.5 Å². The highest BCUT2D eigenvalue weighted by atomic mass is 19.3. The Bertz CT molecular complexity index is 959. The molecule has 1 aliphatic heterocycles. The first-order chi connectivity index (χ1) is 12.5. The minimum atomic E-state index is -2.93. The molecule has 1 aliphatic carbocycles. The lowest BCUT2D eigenvalue weighted by Gasteiger charge is -2.33. The maximum absolute atomic E-state index is 14.6. The number of fused-ring (bicyclic) bond motifs is 1. The van der Waals surface area contributed by atoms with Gasteiger partial charge >= 0.3 is 0 Å². The Labute approximate surface area is 147 Å². The van der Waals surface area contributed by atoms with Crippen LogP contribution < -0.4 is 5.73 Å². The van der Waals surface area contributed by atoms with E-state index in [1.54, 1.807) is 19.3 Å². The number of aromatic nitrogens is 2. The molecular weight excluding hydrogens is 345 g/mol. The van der Waals surface area contributed by atoms with Crippen molar-refractivity contribution in [2.45, 2.75) is 31.4 Å². The van der Waals surface area contributed by atoms with Gasteiger partial charge in [-0.1, -0.05) is 5.92 Å². The van der Waals surface area contributed by atoms with Crippen molar-refractivity contribution in [1.82, 2.24) is 9.78 Å². The topological polar surface area (TPSA) is 65.4 Å². The fraction of sp³-hybridized carbons (Fsp3) is 0.333. The van der Waals surface area contributed by atoms with Crippen molar-refractivity contribution < 1.29 is 17.9 Å². The summed E-state index contributed by atoms with van der Waals surface area (Å²) in [4.78, 5) is 3.87. The Morgan fingerprint density at radius 1 is 1.42 bits per heavy atom. The van der Waals surface area contributed by atoms with E-state index in [2.05, 4.69) is 21.9 Å². The van der Waals surface area contributed by atoms with Crippen LogP contribution in [0.5, 0.6) is 0 Å². The first-order valence-electron chi connectivity index (χ1n) is 8.03. The molecule has 0 saturated heterocycles. The van der Waals surface area contributed by atoms with Gasteiger partial charge in [-0.15, -0.1) is 5.92 Å². The van der Waals surface area contributed by atoms with Crippen molar-refractivity contribution in [3.63, 3.8) is 0 Å². The molecule has 2 heterocycles. The molecule has 2 aliphatic rings. The summed E-state index contributed by atoms with van der Waals surface area (Å²) in [6, 6.07) is 3.61. The molecule has 0 radical (unpaired) electrons. The van der Waals surface area contributed by atoms with Crippen molar-refractivity contribution in [1.29, 1.82) is 0 Å². The van der Waals surface area contributed by atoms with Crippen LogP contribution in [0, 0.1) is 23.6 Å². The van der Waals surface area contributed by atoms with Gasteiger partial charge in [-0.25, -0.2) is 22.8 Å². The van der Waals surface area contributed by atoms with Gasteiger partial charge in [0.05, 0.1) is 17.4 Å². The molecule has 8 heteroatoms. The average Bonchev–Trinajstić information content (AvgIpc) is 3.23. The fourth-order valence-electron chi connectivity index (χ4n) is 3.44. The van der Waals surface area contributed by atoms with E-state index in [1.165, 1.54) is 16.8 Å². The zero-order valence-electron chi connectivity index (χ0n) is 13.8. The van der Waals surface area contributed by atoms with E-state index in [9.17, 15) is 13.2 Å². The minimum absolute atomic E-state index is 0.206. The molecule has 1 aromatic carbocycles. The average molecular weight is 360 g/mol. The first kappa shape index (κ1) is 16.5. The summed E-state index contributed by atoms with van der Waals surface area (Å²) in [6.45, 7) is 1.69. The van der Waals surface area contributed by atoms with Crippen LogP contribution in [-0.2, 0) is 10.3 Å². The molecule has 1 fully saturated rings. The van der Waals surface area contributed by atoms with E-state index in [0.29, 0.717) is 17.7 Å². The van der Waals surface area contributed by atoms with Crippen LogP contribution in [0.2, 0.25) is 0 Å². The molecule has 0 spiro atoms. The molecule has 4 rings (SSSR count). The molecule has 5 nitrogen and oxygen atoms in total. The van der Waals surface area contributed by atoms with E-state index < -0.39 is 29.8 Å². The third-order valence-electron chi connectivity index (χ3n) is 4.70. The molecule has 0 amide bonds. The fourth-order valence-corrected chi connectivity index (χ4v) is 3.44. The van der Waals surface area contributed by atoms with Gasteiger partial charge in [0.25, 0.3) is 12.4 Å². The van der Waals surface area contributed by atoms with Gasteiger partial charge in [0.2, 0.25) is 0 Å². The van der Waals surface area contributed by atoms with Crippen molar-refractivity contribution in [3.8, 4) is 17.5 Å². The summed E-state index contributed by atoms with van der Waals surface area (Å²) >= 11 is 0. The van der Waals surface area contributed by atoms with Gasteiger partial charge in [-0.05, 0) is 31.5 Å². The minimum Gasteiger partial charge on any atom is -0.462 e. The predicted molar refractivity (Wildman–Crippen MR) is 88.4 cm³/mol. The Morgan fingerprint density at radius 3 is 2.96 bits per heavy atom. The van der Waals surface area contributed by atoms with E-state index in [-0.39, 0.29) is 11.6 Å². The SMILES string of the molecule is CC#Cc1cnn(-c2ccc(F)c([C@@]3(C(F)F)N=C(N)OC4C[C@@H]43)c2)c1. The number of halogens is 3. The number of hydrogen-bond donors (Lipinski definition) is 1. The second kappa shape index (κ2) is 5.80. The van der Waals surface area contributed by atoms with Crippen LogP contribution in [0.1, 0.15) is 24.5 Å². The zero-order chi connectivity index (χ0) is 18.5. The molecule has 1 unspecified atom stereocenters. The highest BCUT2D eigenvalue weighted by molar-refractivity contribution is 5.74. The highest BCUT2D eigenvalue weighted by Crippen LogP contribution is 2.56. The zero-order valence-corrected chi connectivity index (χ0v) is 13.8. The maximum Gasteiger partial charge on any atom is 0.283 e. The van der Waals surface area contributed by atoms with Gasteiger partial charge in [-0.3, -0.25) is 0 Å². The van der Waals surface area contributed by atoms with Crippen LogP contribution in [0.15, 0.2) is 35.6 Å². The first-order valence-corrected chi connectivity index (χ1v) is 8.03. The second-order valence-electron chi connectivity index (χ2n) is 6.29. The molecular formula is C18H15F3N4O. The molecule has 1 saturated carbocycles. The predicted octanol–water partition coefficient (Wildman–Crippen LogP) is 2.58. The summed E-state index contributed by atoms with van der Waals surface area (Å²) in [7, 11) is 0. The lowest BCUT2D eigenvalue weighted by Crippen LogP contribution is -2.43. The van der Waals surface area contributed by atoms with Gasteiger partial charge in [0, 0.05) is 17.7 Å². The van der Waals surface area contributed by atoms with Gasteiger partial charge in [0.15, 0.2) is 5.54 Å². The summed E-state index contributed by atoms with van der Waals surface area (Å²) in [5.74, 6) is 4.22. The molecule has 2 N–H and O–H groups in total. The maximum atomic E-state index is 14.6. The van der Waals surface area contributed by atoms with Crippen molar-refractivity contribution in [2.75, 3.05) is 0 Å². The van der Waals surface area contributed by atoms with Crippen LogP contribution in [-0.4, -0.2) is 28.3 Å². The molecule has 134 valence electrons. The molecule has 2 aromatic rings. The number of ether oxygens (including phenoxy) is 1. The number of hydrogen-bond acceptors (Lipinski definition) is 4. The standard InChI is InChI=1S/C18H15F3N4O/c1-2-3-10-8-23-25(9-10)11-4-5-14(19)12(6-11)18(16(20)21)13-7-15(13)26-17(22)24-18/h4-6,8-9,13,15-16H,7H2,1H3,(H2,22,24)/t13-,15?,18+/m0/s1. The quantitative estimate of drug-likeness (QED) is 0.856. The number of benzene rings is 1. The number of nitrogens with zero attached hydrogens (tertiary/aromatic N) is 3. The molecule has 1 aromatic heterocycles. The summed E-state index contributed by atoms with van der Waals surface area (Å²) in [5, 5.41) is 4.15. The van der Waals surface area contributed by atoms with Crippen molar-refractivity contribution in [2.24, 2.45) is 16.6 Å². The number of rotatable bonds is 3. The third-order valence-corrected chi connectivity index (χ3v) is 4.70. The second-order valence-corrected chi connectivity index (χ2v) is 6.29. The number of alkyl halides is 2. The van der Waals surface area contributed by atoms with E-state index in [1.807, 2.05) is 0 Å². The summed E-state index contributed by atoms with van der Waals surface area (Å²) in [5.41, 5.74) is 4.42. The van der Waals surface area contributed by atoms with Crippen molar-refractivity contribution >= 4 is 6.02 Å². The third kappa shape index (κ3) is 2.43. The van der Waals surface area contributed by atoms with E-state index >= 15 is 0 Å². The van der Waals surface area contributed by atoms with Crippen molar-refractivity contribution in [3.05, 3.63) is 47.5 Å².